The lowest BCUT2D eigenvalue weighted by Gasteiger charge is -2.36. The Labute approximate surface area is 130 Å². The molecule has 3 rings (SSSR count). The average molecular weight is 331 g/mol. The summed E-state index contributed by atoms with van der Waals surface area (Å²) in [6.07, 6.45) is 2.64. The van der Waals surface area contributed by atoms with Crippen LogP contribution in [0.15, 0.2) is 6.20 Å². The van der Waals surface area contributed by atoms with E-state index < -0.39 is 11.4 Å². The lowest BCUT2D eigenvalue weighted by molar-refractivity contribution is 0.0350. The summed E-state index contributed by atoms with van der Waals surface area (Å²) in [5, 5.41) is 10.2. The third kappa shape index (κ3) is 2.75. The summed E-state index contributed by atoms with van der Waals surface area (Å²) in [7, 11) is 0. The molecule has 1 aliphatic rings. The largest absolute Gasteiger partial charge is 0.390 e. The number of anilines is 1. The number of hydrogen-bond acceptors (Lipinski definition) is 5. The first-order chi connectivity index (χ1) is 9.87. The highest BCUT2D eigenvalue weighted by atomic mass is 35.5. The van der Waals surface area contributed by atoms with Crippen molar-refractivity contribution >= 4 is 39.9 Å². The fraction of sp³-hybridized carbons (Fsp3) is 0.462. The van der Waals surface area contributed by atoms with Crippen LogP contribution in [0.3, 0.4) is 0 Å². The second kappa shape index (κ2) is 5.19. The van der Waals surface area contributed by atoms with Crippen LogP contribution in [0, 0.1) is 5.82 Å². The van der Waals surface area contributed by atoms with E-state index in [1.54, 1.807) is 6.92 Å². The van der Waals surface area contributed by atoms with E-state index in [0.29, 0.717) is 37.1 Å². The molecule has 0 radical (unpaired) electrons. The Morgan fingerprint density at radius 3 is 2.62 bits per heavy atom. The molecule has 21 heavy (non-hydrogen) atoms. The number of fused-ring (bicyclic) bond motifs is 1. The first kappa shape index (κ1) is 14.7. The van der Waals surface area contributed by atoms with Crippen LogP contribution in [0.2, 0.25) is 10.4 Å². The SMILES string of the molecule is CC1(O)CCN(c2nc(Cl)nc3c(F)c(Cl)ncc23)CC1. The molecule has 8 heteroatoms. The molecule has 0 saturated carbocycles. The minimum Gasteiger partial charge on any atom is -0.390 e. The van der Waals surface area contributed by atoms with E-state index in [2.05, 4.69) is 15.0 Å². The van der Waals surface area contributed by atoms with Crippen LogP contribution in [0.25, 0.3) is 10.9 Å². The number of hydrogen-bond donors (Lipinski definition) is 1. The zero-order valence-corrected chi connectivity index (χ0v) is 12.8. The lowest BCUT2D eigenvalue weighted by Crippen LogP contribution is -2.42. The molecule has 1 N–H and O–H groups in total. The molecule has 0 spiro atoms. The number of aliphatic hydroxyl groups is 1. The molecule has 0 bridgehead atoms. The van der Waals surface area contributed by atoms with Crippen molar-refractivity contribution in [3.63, 3.8) is 0 Å². The summed E-state index contributed by atoms with van der Waals surface area (Å²) in [5.41, 5.74) is -0.627. The van der Waals surface area contributed by atoms with E-state index in [4.69, 9.17) is 23.2 Å². The van der Waals surface area contributed by atoms with Crippen molar-refractivity contribution in [3.05, 3.63) is 22.5 Å². The van der Waals surface area contributed by atoms with E-state index in [1.165, 1.54) is 6.20 Å². The van der Waals surface area contributed by atoms with Crippen molar-refractivity contribution in [2.24, 2.45) is 0 Å². The van der Waals surface area contributed by atoms with Gasteiger partial charge in [0.25, 0.3) is 0 Å². The van der Waals surface area contributed by atoms with E-state index in [0.717, 1.165) is 0 Å². The van der Waals surface area contributed by atoms with Gasteiger partial charge in [-0.25, -0.2) is 14.4 Å². The number of halogens is 3. The molecule has 0 aromatic carbocycles. The monoisotopic (exact) mass is 330 g/mol. The Morgan fingerprint density at radius 1 is 1.29 bits per heavy atom. The molecule has 0 amide bonds. The zero-order chi connectivity index (χ0) is 15.2. The van der Waals surface area contributed by atoms with Crippen LogP contribution < -0.4 is 4.90 Å². The summed E-state index contributed by atoms with van der Waals surface area (Å²) < 4.78 is 14.0. The highest BCUT2D eigenvalue weighted by Gasteiger charge is 2.29. The third-order valence-corrected chi connectivity index (χ3v) is 4.17. The fourth-order valence-corrected chi connectivity index (χ4v) is 2.74. The van der Waals surface area contributed by atoms with Gasteiger partial charge in [-0.2, -0.15) is 4.98 Å². The van der Waals surface area contributed by atoms with Crippen LogP contribution in [0.1, 0.15) is 19.8 Å². The Morgan fingerprint density at radius 2 is 1.95 bits per heavy atom. The van der Waals surface area contributed by atoms with Crippen LogP contribution in [0.4, 0.5) is 10.2 Å². The molecule has 112 valence electrons. The Kier molecular flexibility index (Phi) is 3.63. The van der Waals surface area contributed by atoms with Gasteiger partial charge in [-0.1, -0.05) is 11.6 Å². The van der Waals surface area contributed by atoms with Gasteiger partial charge in [0.05, 0.1) is 11.0 Å². The van der Waals surface area contributed by atoms with Gasteiger partial charge in [0.15, 0.2) is 11.0 Å². The smallest absolute Gasteiger partial charge is 0.225 e. The van der Waals surface area contributed by atoms with Crippen LogP contribution in [-0.2, 0) is 0 Å². The van der Waals surface area contributed by atoms with E-state index in [1.807, 2.05) is 4.90 Å². The number of aromatic nitrogens is 3. The van der Waals surface area contributed by atoms with E-state index >= 15 is 0 Å². The molecular weight excluding hydrogens is 318 g/mol. The maximum Gasteiger partial charge on any atom is 0.225 e. The molecule has 0 atom stereocenters. The van der Waals surface area contributed by atoms with Gasteiger partial charge < -0.3 is 10.0 Å². The highest BCUT2D eigenvalue weighted by Crippen LogP contribution is 2.32. The van der Waals surface area contributed by atoms with Crippen molar-refractivity contribution in [1.29, 1.82) is 0 Å². The second-order valence-corrected chi connectivity index (χ2v) is 6.12. The van der Waals surface area contributed by atoms with Gasteiger partial charge in [-0.15, -0.1) is 0 Å². The Bertz CT molecular complexity index is 700. The van der Waals surface area contributed by atoms with Gasteiger partial charge >= 0.3 is 0 Å². The average Bonchev–Trinajstić information content (AvgIpc) is 2.43. The highest BCUT2D eigenvalue weighted by molar-refractivity contribution is 6.30. The fourth-order valence-electron chi connectivity index (χ4n) is 2.43. The van der Waals surface area contributed by atoms with Gasteiger partial charge in [0, 0.05) is 19.3 Å². The summed E-state index contributed by atoms with van der Waals surface area (Å²) in [6.45, 7) is 3.00. The molecule has 1 fully saturated rings. The van der Waals surface area contributed by atoms with Crippen molar-refractivity contribution in [2.45, 2.75) is 25.4 Å². The van der Waals surface area contributed by atoms with E-state index in [-0.39, 0.29) is 16.0 Å². The molecule has 2 aromatic heterocycles. The summed E-state index contributed by atoms with van der Waals surface area (Å²) >= 11 is 11.6. The predicted molar refractivity (Wildman–Crippen MR) is 79.4 cm³/mol. The molecule has 1 saturated heterocycles. The number of pyridine rings is 1. The van der Waals surface area contributed by atoms with Crippen LogP contribution in [-0.4, -0.2) is 38.7 Å². The topological polar surface area (TPSA) is 62.1 Å². The Hall–Kier alpha value is -1.24. The van der Waals surface area contributed by atoms with E-state index in [9.17, 15) is 9.50 Å². The van der Waals surface area contributed by atoms with Crippen LogP contribution in [0.5, 0.6) is 0 Å². The van der Waals surface area contributed by atoms with Crippen molar-refractivity contribution in [2.75, 3.05) is 18.0 Å². The van der Waals surface area contributed by atoms with Crippen molar-refractivity contribution in [1.82, 2.24) is 15.0 Å². The standard InChI is InChI=1S/C13H13Cl2FN4O/c1-13(21)2-4-20(5-3-13)11-7-6-17-10(14)8(16)9(7)18-12(15)19-11/h6,21H,2-5H2,1H3. The van der Waals surface area contributed by atoms with Crippen LogP contribution >= 0.6 is 23.2 Å². The molecule has 3 heterocycles. The van der Waals surface area contributed by atoms with Gasteiger partial charge in [0.1, 0.15) is 11.3 Å². The van der Waals surface area contributed by atoms with Gasteiger partial charge in [-0.05, 0) is 31.4 Å². The summed E-state index contributed by atoms with van der Waals surface area (Å²) in [6, 6.07) is 0. The first-order valence-electron chi connectivity index (χ1n) is 6.52. The Balaban J connectivity index is 2.09. The molecular formula is C13H13Cl2FN4O. The molecule has 2 aromatic rings. The van der Waals surface area contributed by atoms with Crippen molar-refractivity contribution in [3.8, 4) is 0 Å². The maximum atomic E-state index is 14.0. The van der Waals surface area contributed by atoms with Gasteiger partial charge in [-0.3, -0.25) is 0 Å². The lowest BCUT2D eigenvalue weighted by atomic mass is 9.94. The number of piperidine rings is 1. The second-order valence-electron chi connectivity index (χ2n) is 5.43. The minimum absolute atomic E-state index is 0.0454. The molecule has 0 aliphatic carbocycles. The molecule has 5 nitrogen and oxygen atoms in total. The molecule has 1 aliphatic heterocycles. The summed E-state index contributed by atoms with van der Waals surface area (Å²) in [5.74, 6) is -0.188. The maximum absolute atomic E-state index is 14.0. The first-order valence-corrected chi connectivity index (χ1v) is 7.27. The number of rotatable bonds is 1. The number of nitrogens with zero attached hydrogens (tertiary/aromatic N) is 4. The third-order valence-electron chi connectivity index (χ3n) is 3.73. The normalized spacial score (nSPS) is 18.2. The quantitative estimate of drug-likeness (QED) is 0.643. The summed E-state index contributed by atoms with van der Waals surface area (Å²) in [4.78, 5) is 13.9. The minimum atomic E-state index is -0.705. The zero-order valence-electron chi connectivity index (χ0n) is 11.3. The predicted octanol–water partition coefficient (Wildman–Crippen LogP) is 2.82. The molecule has 0 unspecified atom stereocenters. The van der Waals surface area contributed by atoms with Crippen molar-refractivity contribution < 1.29 is 9.50 Å². The van der Waals surface area contributed by atoms with Gasteiger partial charge in [0.2, 0.25) is 5.28 Å².